The van der Waals surface area contributed by atoms with Gasteiger partial charge in [0.2, 0.25) is 5.91 Å². The molecular formula is C19H35N3O. The number of fused-ring (bicyclic) bond motifs is 2. The van der Waals surface area contributed by atoms with Crippen LogP contribution >= 0.6 is 0 Å². The van der Waals surface area contributed by atoms with Gasteiger partial charge in [0.25, 0.3) is 0 Å². The maximum absolute atomic E-state index is 12.4. The second-order valence-electron chi connectivity index (χ2n) is 8.96. The molecule has 4 heteroatoms. The van der Waals surface area contributed by atoms with Crippen LogP contribution in [0.5, 0.6) is 0 Å². The van der Waals surface area contributed by atoms with Crippen LogP contribution < -0.4 is 10.6 Å². The monoisotopic (exact) mass is 321 g/mol. The van der Waals surface area contributed by atoms with Crippen molar-refractivity contribution < 1.29 is 4.79 Å². The average molecular weight is 322 g/mol. The Balaban J connectivity index is 1.42. The first-order valence-electron chi connectivity index (χ1n) is 9.70. The van der Waals surface area contributed by atoms with Crippen molar-refractivity contribution in [2.24, 2.45) is 11.8 Å². The summed E-state index contributed by atoms with van der Waals surface area (Å²) in [6, 6.07) is 1.36. The van der Waals surface area contributed by atoms with Crippen LogP contribution in [0.25, 0.3) is 0 Å². The minimum absolute atomic E-state index is 0.0670. The third kappa shape index (κ3) is 4.48. The van der Waals surface area contributed by atoms with Gasteiger partial charge >= 0.3 is 0 Å². The highest BCUT2D eigenvalue weighted by Crippen LogP contribution is 2.32. The Morgan fingerprint density at radius 1 is 1.22 bits per heavy atom. The zero-order valence-electron chi connectivity index (χ0n) is 15.2. The van der Waals surface area contributed by atoms with E-state index in [2.05, 4.69) is 36.3 Å². The van der Waals surface area contributed by atoms with Gasteiger partial charge in [0.05, 0.1) is 0 Å². The standard InChI is InChI=1S/C19H35N3O/c1-14-5-4-8-22(12-14)19(2,3)13-20-18(23)11-15-9-16-6-7-17(10-15)21-16/h14-17,21H,4-13H2,1-3H3,(H,20,23). The lowest BCUT2D eigenvalue weighted by molar-refractivity contribution is -0.123. The smallest absolute Gasteiger partial charge is 0.220 e. The normalized spacial score (nSPS) is 35.3. The van der Waals surface area contributed by atoms with Gasteiger partial charge in [-0.3, -0.25) is 9.69 Å². The summed E-state index contributed by atoms with van der Waals surface area (Å²) in [4.78, 5) is 15.0. The lowest BCUT2D eigenvalue weighted by Crippen LogP contribution is -2.54. The third-order valence-electron chi connectivity index (χ3n) is 6.28. The molecule has 3 unspecified atom stereocenters. The second kappa shape index (κ2) is 7.10. The van der Waals surface area contributed by atoms with Gasteiger partial charge in [0, 0.05) is 37.1 Å². The molecule has 3 rings (SSSR count). The molecule has 4 nitrogen and oxygen atoms in total. The molecule has 3 atom stereocenters. The molecule has 3 heterocycles. The molecule has 0 aromatic heterocycles. The van der Waals surface area contributed by atoms with Crippen molar-refractivity contribution in [3.8, 4) is 0 Å². The molecule has 0 saturated carbocycles. The van der Waals surface area contributed by atoms with Crippen molar-refractivity contribution in [3.63, 3.8) is 0 Å². The number of likely N-dealkylation sites (tertiary alicyclic amines) is 1. The van der Waals surface area contributed by atoms with E-state index in [0.29, 0.717) is 18.0 Å². The average Bonchev–Trinajstić information content (AvgIpc) is 2.84. The van der Waals surface area contributed by atoms with E-state index in [4.69, 9.17) is 0 Å². The number of carbonyl (C=O) groups excluding carboxylic acids is 1. The van der Waals surface area contributed by atoms with Crippen LogP contribution in [0.2, 0.25) is 0 Å². The first-order valence-corrected chi connectivity index (χ1v) is 9.70. The Labute approximate surface area is 141 Å². The fraction of sp³-hybridized carbons (Fsp3) is 0.947. The van der Waals surface area contributed by atoms with Crippen LogP contribution in [0, 0.1) is 11.8 Å². The van der Waals surface area contributed by atoms with E-state index in [1.54, 1.807) is 0 Å². The molecule has 3 aliphatic heterocycles. The molecule has 3 fully saturated rings. The van der Waals surface area contributed by atoms with Crippen molar-refractivity contribution >= 4 is 5.91 Å². The molecule has 0 spiro atoms. The van der Waals surface area contributed by atoms with Crippen LogP contribution in [-0.2, 0) is 4.79 Å². The molecule has 0 aromatic carbocycles. The maximum Gasteiger partial charge on any atom is 0.220 e. The minimum Gasteiger partial charge on any atom is -0.354 e. The van der Waals surface area contributed by atoms with Crippen molar-refractivity contribution in [2.75, 3.05) is 19.6 Å². The molecule has 0 aliphatic carbocycles. The van der Waals surface area contributed by atoms with Gasteiger partial charge in [-0.15, -0.1) is 0 Å². The van der Waals surface area contributed by atoms with E-state index in [-0.39, 0.29) is 11.4 Å². The van der Waals surface area contributed by atoms with E-state index in [0.717, 1.165) is 18.9 Å². The van der Waals surface area contributed by atoms with E-state index < -0.39 is 0 Å². The molecule has 132 valence electrons. The summed E-state index contributed by atoms with van der Waals surface area (Å²) in [6.45, 7) is 10.0. The summed E-state index contributed by atoms with van der Waals surface area (Å²) in [5, 5.41) is 6.89. The predicted octanol–water partition coefficient (Wildman–Crippen LogP) is 2.53. The number of carbonyl (C=O) groups is 1. The topological polar surface area (TPSA) is 44.4 Å². The fourth-order valence-corrected chi connectivity index (χ4v) is 4.84. The van der Waals surface area contributed by atoms with E-state index in [1.165, 1.54) is 51.6 Å². The predicted molar refractivity (Wildman–Crippen MR) is 94.3 cm³/mol. The van der Waals surface area contributed by atoms with Crippen LogP contribution in [-0.4, -0.2) is 48.1 Å². The number of hydrogen-bond donors (Lipinski definition) is 2. The van der Waals surface area contributed by atoms with Crippen LogP contribution in [0.4, 0.5) is 0 Å². The first-order chi connectivity index (χ1) is 10.9. The lowest BCUT2D eigenvalue weighted by Gasteiger charge is -2.43. The summed E-state index contributed by atoms with van der Waals surface area (Å²) in [7, 11) is 0. The Kier molecular flexibility index (Phi) is 5.32. The molecular weight excluding hydrogens is 286 g/mol. The first kappa shape index (κ1) is 17.2. The highest BCUT2D eigenvalue weighted by molar-refractivity contribution is 5.76. The van der Waals surface area contributed by atoms with Gasteiger partial charge < -0.3 is 10.6 Å². The fourth-order valence-electron chi connectivity index (χ4n) is 4.84. The molecule has 3 aliphatic rings. The summed E-state index contributed by atoms with van der Waals surface area (Å²) in [5.41, 5.74) is 0.0670. The maximum atomic E-state index is 12.4. The highest BCUT2D eigenvalue weighted by atomic mass is 16.1. The molecule has 0 aromatic rings. The van der Waals surface area contributed by atoms with Crippen molar-refractivity contribution in [3.05, 3.63) is 0 Å². The van der Waals surface area contributed by atoms with Crippen molar-refractivity contribution in [2.45, 2.75) is 83.3 Å². The zero-order valence-corrected chi connectivity index (χ0v) is 15.2. The molecule has 3 saturated heterocycles. The van der Waals surface area contributed by atoms with Gasteiger partial charge in [-0.05, 0) is 70.8 Å². The molecule has 0 radical (unpaired) electrons. The van der Waals surface area contributed by atoms with E-state index >= 15 is 0 Å². The number of nitrogens with one attached hydrogen (secondary N) is 2. The summed E-state index contributed by atoms with van der Waals surface area (Å²) >= 11 is 0. The van der Waals surface area contributed by atoms with Gasteiger partial charge in [0.1, 0.15) is 0 Å². The largest absolute Gasteiger partial charge is 0.354 e. The van der Waals surface area contributed by atoms with E-state index in [1.807, 2.05) is 0 Å². The summed E-state index contributed by atoms with van der Waals surface area (Å²) in [5.74, 6) is 1.63. The second-order valence-corrected chi connectivity index (χ2v) is 8.96. The molecule has 2 N–H and O–H groups in total. The van der Waals surface area contributed by atoms with Crippen molar-refractivity contribution in [1.29, 1.82) is 0 Å². The number of nitrogens with zero attached hydrogens (tertiary/aromatic N) is 1. The number of amides is 1. The Morgan fingerprint density at radius 3 is 2.57 bits per heavy atom. The SMILES string of the molecule is CC1CCCN(C(C)(C)CNC(=O)CC2CC3CCC(C2)N3)C1. The quantitative estimate of drug-likeness (QED) is 0.818. The van der Waals surface area contributed by atoms with Crippen LogP contribution in [0.3, 0.4) is 0 Å². The summed E-state index contributed by atoms with van der Waals surface area (Å²) in [6.07, 6.45) is 8.36. The third-order valence-corrected chi connectivity index (χ3v) is 6.28. The zero-order chi connectivity index (χ0) is 16.4. The molecule has 1 amide bonds. The number of hydrogen-bond acceptors (Lipinski definition) is 3. The Morgan fingerprint density at radius 2 is 1.91 bits per heavy atom. The van der Waals surface area contributed by atoms with Gasteiger partial charge in [-0.2, -0.15) is 0 Å². The van der Waals surface area contributed by atoms with Gasteiger partial charge in [-0.1, -0.05) is 6.92 Å². The Hall–Kier alpha value is -0.610. The Bertz CT molecular complexity index is 411. The van der Waals surface area contributed by atoms with Crippen molar-refractivity contribution in [1.82, 2.24) is 15.5 Å². The minimum atomic E-state index is 0.0670. The van der Waals surface area contributed by atoms with Gasteiger partial charge in [-0.25, -0.2) is 0 Å². The molecule has 23 heavy (non-hydrogen) atoms. The number of piperidine rings is 2. The van der Waals surface area contributed by atoms with Crippen LogP contribution in [0.1, 0.15) is 65.7 Å². The van der Waals surface area contributed by atoms with Gasteiger partial charge in [0.15, 0.2) is 0 Å². The van der Waals surface area contributed by atoms with Crippen LogP contribution in [0.15, 0.2) is 0 Å². The van der Waals surface area contributed by atoms with E-state index in [9.17, 15) is 4.79 Å². The highest BCUT2D eigenvalue weighted by Gasteiger charge is 2.35. The number of rotatable bonds is 5. The lowest BCUT2D eigenvalue weighted by atomic mass is 9.89. The molecule has 2 bridgehead atoms. The summed E-state index contributed by atoms with van der Waals surface area (Å²) < 4.78 is 0.